The quantitative estimate of drug-likeness (QED) is 0.391. The van der Waals surface area contributed by atoms with Crippen molar-refractivity contribution in [3.05, 3.63) is 93.0 Å². The summed E-state index contributed by atoms with van der Waals surface area (Å²) in [5, 5.41) is 41.9. The van der Waals surface area contributed by atoms with Gasteiger partial charge in [-0.3, -0.25) is 20.2 Å². The highest BCUT2D eigenvalue weighted by molar-refractivity contribution is 5.86. The molecule has 0 saturated carbocycles. The summed E-state index contributed by atoms with van der Waals surface area (Å²) < 4.78 is 0. The molecule has 0 aromatic heterocycles. The van der Waals surface area contributed by atoms with Crippen molar-refractivity contribution in [3.63, 3.8) is 0 Å². The second-order valence-electron chi connectivity index (χ2n) is 5.74. The number of rotatable bonds is 2. The molecule has 2 radical (unpaired) electrons. The van der Waals surface area contributed by atoms with E-state index in [1.54, 1.807) is 24.3 Å². The van der Waals surface area contributed by atoms with E-state index in [2.05, 4.69) is 12.1 Å². The van der Waals surface area contributed by atoms with Crippen molar-refractivity contribution < 1.29 is 20.1 Å². The summed E-state index contributed by atoms with van der Waals surface area (Å²) in [6.07, 6.45) is 0. The van der Waals surface area contributed by atoms with Crippen molar-refractivity contribution in [1.29, 1.82) is 0 Å². The van der Waals surface area contributed by atoms with Crippen molar-refractivity contribution in [2.75, 3.05) is 0 Å². The molecule has 4 aromatic carbocycles. The zero-order valence-electron chi connectivity index (χ0n) is 14.2. The van der Waals surface area contributed by atoms with E-state index in [0.717, 1.165) is 0 Å². The first kappa shape index (κ1) is 18.6. The van der Waals surface area contributed by atoms with Crippen LogP contribution in [0.2, 0.25) is 0 Å². The van der Waals surface area contributed by atoms with Gasteiger partial charge in [0.1, 0.15) is 11.5 Å². The summed E-state index contributed by atoms with van der Waals surface area (Å²) in [6, 6.07) is 20.3. The van der Waals surface area contributed by atoms with Crippen LogP contribution in [0.1, 0.15) is 0 Å². The second-order valence-corrected chi connectivity index (χ2v) is 5.74. The number of phenols is 2. The van der Waals surface area contributed by atoms with Gasteiger partial charge in [-0.05, 0) is 45.8 Å². The molecule has 0 aliphatic rings. The largest absolute Gasteiger partial charge is 0.507 e. The standard InChI is InChI=1S/2C10H6NO3/c2*12-10-4-2-7-5-9(11(13)14)3-1-8(7)6-10/h2*1-5,12H. The van der Waals surface area contributed by atoms with Crippen LogP contribution in [0.3, 0.4) is 0 Å². The van der Waals surface area contributed by atoms with Gasteiger partial charge in [0, 0.05) is 36.4 Å². The van der Waals surface area contributed by atoms with E-state index in [4.69, 9.17) is 10.2 Å². The SMILES string of the molecule is O=[N+]([O-])c1ccc2[c]c(O)ccc2c1.O=[N+]([O-])c1ccc2[c]c(O)ccc2c1. The maximum absolute atomic E-state index is 10.5. The predicted octanol–water partition coefficient (Wildman–Crippen LogP) is 4.51. The van der Waals surface area contributed by atoms with E-state index in [9.17, 15) is 20.2 Å². The average molecular weight is 376 g/mol. The first-order chi connectivity index (χ1) is 13.3. The molecule has 138 valence electrons. The molecular formula is C20H12N2O6. The highest BCUT2D eigenvalue weighted by Crippen LogP contribution is 2.24. The Bertz CT molecular complexity index is 1110. The number of aromatic hydroxyl groups is 2. The summed E-state index contributed by atoms with van der Waals surface area (Å²) in [5.41, 5.74) is 0.0770. The number of nitro groups is 2. The third kappa shape index (κ3) is 4.13. The Hall–Kier alpha value is -4.20. The molecule has 0 aliphatic heterocycles. The number of fused-ring (bicyclic) bond motifs is 2. The van der Waals surface area contributed by atoms with E-state index in [0.29, 0.717) is 21.5 Å². The van der Waals surface area contributed by atoms with Gasteiger partial charge in [0.25, 0.3) is 11.4 Å². The van der Waals surface area contributed by atoms with Crippen LogP contribution in [0.15, 0.2) is 60.7 Å². The maximum atomic E-state index is 10.5. The molecule has 2 N–H and O–H groups in total. The smallest absolute Gasteiger partial charge is 0.270 e. The van der Waals surface area contributed by atoms with Gasteiger partial charge in [-0.2, -0.15) is 0 Å². The zero-order chi connectivity index (χ0) is 20.3. The molecule has 4 aromatic rings. The first-order valence-corrected chi connectivity index (χ1v) is 7.92. The van der Waals surface area contributed by atoms with Gasteiger partial charge in [-0.1, -0.05) is 12.1 Å². The van der Waals surface area contributed by atoms with Crippen LogP contribution in [0.25, 0.3) is 21.5 Å². The van der Waals surface area contributed by atoms with E-state index in [-0.39, 0.29) is 22.9 Å². The molecule has 28 heavy (non-hydrogen) atoms. The molecule has 0 bridgehead atoms. The molecule has 4 rings (SSSR count). The third-order valence-corrected chi connectivity index (χ3v) is 3.86. The van der Waals surface area contributed by atoms with Crippen LogP contribution in [0.5, 0.6) is 11.5 Å². The van der Waals surface area contributed by atoms with Crippen molar-refractivity contribution in [2.24, 2.45) is 0 Å². The Kier molecular flexibility index (Phi) is 5.03. The number of hydrogen-bond acceptors (Lipinski definition) is 6. The van der Waals surface area contributed by atoms with Crippen LogP contribution >= 0.6 is 0 Å². The summed E-state index contributed by atoms with van der Waals surface area (Å²) in [5.74, 6) is 0.0673. The summed E-state index contributed by atoms with van der Waals surface area (Å²) in [4.78, 5) is 20.0. The molecule has 0 unspecified atom stereocenters. The Morgan fingerprint density at radius 1 is 0.643 bits per heavy atom. The number of non-ortho nitro benzene ring substituents is 2. The lowest BCUT2D eigenvalue weighted by Crippen LogP contribution is -1.86. The Labute approximate surface area is 158 Å². The van der Waals surface area contributed by atoms with Gasteiger partial charge in [0.05, 0.1) is 9.85 Å². The molecule has 0 saturated heterocycles. The van der Waals surface area contributed by atoms with Crippen molar-refractivity contribution >= 4 is 32.9 Å². The van der Waals surface area contributed by atoms with Crippen molar-refractivity contribution in [3.8, 4) is 11.5 Å². The van der Waals surface area contributed by atoms with E-state index >= 15 is 0 Å². The molecule has 8 heteroatoms. The normalized spacial score (nSPS) is 10.3. The van der Waals surface area contributed by atoms with E-state index in [1.807, 2.05) is 0 Å². The Balaban J connectivity index is 0.000000161. The van der Waals surface area contributed by atoms with E-state index < -0.39 is 9.85 Å². The van der Waals surface area contributed by atoms with Gasteiger partial charge in [-0.15, -0.1) is 0 Å². The number of hydrogen-bond donors (Lipinski definition) is 2. The third-order valence-electron chi connectivity index (χ3n) is 3.86. The lowest BCUT2D eigenvalue weighted by atomic mass is 10.1. The molecule has 0 spiro atoms. The topological polar surface area (TPSA) is 127 Å². The summed E-state index contributed by atoms with van der Waals surface area (Å²) >= 11 is 0. The highest BCUT2D eigenvalue weighted by Gasteiger charge is 2.06. The minimum Gasteiger partial charge on any atom is -0.507 e. The van der Waals surface area contributed by atoms with Gasteiger partial charge in [-0.25, -0.2) is 0 Å². The van der Waals surface area contributed by atoms with Crippen molar-refractivity contribution in [1.82, 2.24) is 0 Å². The monoisotopic (exact) mass is 376 g/mol. The lowest BCUT2D eigenvalue weighted by molar-refractivity contribution is -0.384. The van der Waals surface area contributed by atoms with Crippen LogP contribution in [0, 0.1) is 32.4 Å². The Morgan fingerprint density at radius 3 is 1.39 bits per heavy atom. The molecule has 0 fully saturated rings. The fraction of sp³-hybridized carbons (Fsp3) is 0. The molecule has 0 atom stereocenters. The van der Waals surface area contributed by atoms with Gasteiger partial charge in [0.2, 0.25) is 0 Å². The molecule has 0 heterocycles. The van der Waals surface area contributed by atoms with Gasteiger partial charge < -0.3 is 10.2 Å². The highest BCUT2D eigenvalue weighted by atomic mass is 16.6. The minimum atomic E-state index is -0.452. The van der Waals surface area contributed by atoms with Crippen LogP contribution in [0.4, 0.5) is 11.4 Å². The van der Waals surface area contributed by atoms with E-state index in [1.165, 1.54) is 36.4 Å². The average Bonchev–Trinajstić information content (AvgIpc) is 2.67. The van der Waals surface area contributed by atoms with Crippen LogP contribution < -0.4 is 0 Å². The first-order valence-electron chi connectivity index (χ1n) is 7.92. The maximum Gasteiger partial charge on any atom is 0.270 e. The van der Waals surface area contributed by atoms with Crippen LogP contribution in [-0.4, -0.2) is 20.1 Å². The fourth-order valence-corrected chi connectivity index (χ4v) is 2.53. The number of nitro benzene ring substituents is 2. The Morgan fingerprint density at radius 2 is 1.04 bits per heavy atom. The molecule has 8 nitrogen and oxygen atoms in total. The zero-order valence-corrected chi connectivity index (χ0v) is 14.2. The van der Waals surface area contributed by atoms with Gasteiger partial charge >= 0.3 is 0 Å². The minimum absolute atomic E-state index is 0.0337. The van der Waals surface area contributed by atoms with Gasteiger partial charge in [0.15, 0.2) is 0 Å². The lowest BCUT2D eigenvalue weighted by Gasteiger charge is -1.97. The number of phenolic OH excluding ortho intramolecular Hbond substituents is 2. The molecule has 0 aliphatic carbocycles. The van der Waals surface area contributed by atoms with Crippen LogP contribution in [-0.2, 0) is 0 Å². The molecular weight excluding hydrogens is 364 g/mol. The van der Waals surface area contributed by atoms with Crippen molar-refractivity contribution in [2.45, 2.75) is 0 Å². The summed E-state index contributed by atoms with van der Waals surface area (Å²) in [7, 11) is 0. The predicted molar refractivity (Wildman–Crippen MR) is 102 cm³/mol. The second kappa shape index (κ2) is 7.58. The fourth-order valence-electron chi connectivity index (χ4n) is 2.53. The molecule has 0 amide bonds. The number of nitrogens with zero attached hydrogens (tertiary/aromatic N) is 2. The number of benzene rings is 4. The summed E-state index contributed by atoms with van der Waals surface area (Å²) in [6.45, 7) is 0.